The maximum atomic E-state index is 14.3. The van der Waals surface area contributed by atoms with E-state index in [0.29, 0.717) is 34.7 Å². The van der Waals surface area contributed by atoms with Crippen molar-refractivity contribution in [1.29, 1.82) is 0 Å². The maximum absolute atomic E-state index is 14.3. The monoisotopic (exact) mass is 566 g/mol. The zero-order valence-corrected chi connectivity index (χ0v) is 23.1. The summed E-state index contributed by atoms with van der Waals surface area (Å²) in [5, 5.41) is 5.99. The minimum absolute atomic E-state index is 0.0365. The fourth-order valence-corrected chi connectivity index (χ4v) is 5.42. The number of nitrogens with one attached hydrogen (secondary N) is 3. The highest BCUT2D eigenvalue weighted by Gasteiger charge is 2.34. The molecule has 5 aromatic rings. The molecule has 1 saturated heterocycles. The number of oxazole rings is 1. The number of amides is 2. The van der Waals surface area contributed by atoms with Gasteiger partial charge >= 0.3 is 0 Å². The van der Waals surface area contributed by atoms with Gasteiger partial charge in [0, 0.05) is 18.3 Å². The van der Waals surface area contributed by atoms with Crippen LogP contribution in [-0.4, -0.2) is 44.3 Å². The van der Waals surface area contributed by atoms with Gasteiger partial charge in [-0.3, -0.25) is 9.59 Å². The molecule has 0 aliphatic carbocycles. The summed E-state index contributed by atoms with van der Waals surface area (Å²) in [7, 11) is 0. The topological polar surface area (TPSA) is 116 Å². The molecule has 3 aromatic carbocycles. The first-order valence-electron chi connectivity index (χ1n) is 14.0. The van der Waals surface area contributed by atoms with Crippen molar-refractivity contribution in [1.82, 2.24) is 25.2 Å². The third-order valence-corrected chi connectivity index (χ3v) is 7.56. The molecule has 2 amide bonds. The van der Waals surface area contributed by atoms with Crippen molar-refractivity contribution in [2.24, 2.45) is 0 Å². The number of H-pyrrole nitrogens is 1. The lowest BCUT2D eigenvalue weighted by Crippen LogP contribution is -2.44. The number of carbonyl (C=O) groups excluding carboxylic acids is 2. The fraction of sp³-hybridized carbons (Fsp3) is 0.250. The van der Waals surface area contributed by atoms with Crippen LogP contribution >= 0.6 is 0 Å². The summed E-state index contributed by atoms with van der Waals surface area (Å²) in [5.41, 5.74) is 3.07. The van der Waals surface area contributed by atoms with Gasteiger partial charge in [0.2, 0.25) is 11.8 Å². The molecule has 1 aliphatic rings. The number of aromatic amines is 1. The van der Waals surface area contributed by atoms with E-state index in [1.54, 1.807) is 37.4 Å². The Hall–Kier alpha value is -4.99. The highest BCUT2D eigenvalue weighted by molar-refractivity contribution is 5.91. The minimum Gasteiger partial charge on any atom is -0.424 e. The van der Waals surface area contributed by atoms with Crippen LogP contribution in [0.15, 0.2) is 89.5 Å². The van der Waals surface area contributed by atoms with E-state index in [2.05, 4.69) is 25.6 Å². The maximum Gasteiger partial charge on any atom is 0.296 e. The smallest absolute Gasteiger partial charge is 0.296 e. The van der Waals surface area contributed by atoms with Crippen LogP contribution in [0.4, 0.5) is 10.4 Å². The number of rotatable bonds is 9. The Bertz CT molecular complexity index is 1670. The number of halogens is 1. The number of aromatic nitrogens is 3. The van der Waals surface area contributed by atoms with Gasteiger partial charge in [-0.05, 0) is 49.6 Å². The molecule has 0 saturated carbocycles. The summed E-state index contributed by atoms with van der Waals surface area (Å²) >= 11 is 0. The molecule has 0 bridgehead atoms. The van der Waals surface area contributed by atoms with Gasteiger partial charge < -0.3 is 24.9 Å². The molecule has 0 spiro atoms. The van der Waals surface area contributed by atoms with Crippen LogP contribution in [0.1, 0.15) is 49.7 Å². The van der Waals surface area contributed by atoms with Crippen LogP contribution in [0.5, 0.6) is 0 Å². The molecular weight excluding hydrogens is 535 g/mol. The van der Waals surface area contributed by atoms with E-state index in [-0.39, 0.29) is 30.2 Å². The second kappa shape index (κ2) is 11.9. The van der Waals surface area contributed by atoms with Crippen molar-refractivity contribution in [3.8, 4) is 11.3 Å². The van der Waals surface area contributed by atoms with E-state index in [1.807, 2.05) is 53.4 Å². The molecule has 3 N–H and O–H groups in total. The van der Waals surface area contributed by atoms with Crippen molar-refractivity contribution in [2.45, 2.75) is 44.3 Å². The van der Waals surface area contributed by atoms with Gasteiger partial charge in [0.1, 0.15) is 23.2 Å². The molecule has 1 fully saturated rings. The summed E-state index contributed by atoms with van der Waals surface area (Å²) in [6, 6.07) is 22.2. The number of imidazole rings is 1. The quantitative estimate of drug-likeness (QED) is 0.209. The van der Waals surface area contributed by atoms with Crippen LogP contribution in [0.2, 0.25) is 0 Å². The predicted octanol–water partition coefficient (Wildman–Crippen LogP) is 5.77. The second-order valence-corrected chi connectivity index (χ2v) is 10.4. The molecule has 2 aromatic heterocycles. The highest BCUT2D eigenvalue weighted by atomic mass is 19.1. The minimum atomic E-state index is -0.967. The first kappa shape index (κ1) is 27.2. The van der Waals surface area contributed by atoms with E-state index >= 15 is 0 Å². The third-order valence-electron chi connectivity index (χ3n) is 7.56. The Morgan fingerprint density at radius 1 is 1.05 bits per heavy atom. The van der Waals surface area contributed by atoms with Gasteiger partial charge in [0.15, 0.2) is 5.58 Å². The number of carbonyl (C=O) groups is 2. The molecule has 9 nitrogen and oxygen atoms in total. The largest absolute Gasteiger partial charge is 0.424 e. The molecule has 0 unspecified atom stereocenters. The molecule has 3 heterocycles. The summed E-state index contributed by atoms with van der Waals surface area (Å²) in [4.78, 5) is 41.1. The van der Waals surface area contributed by atoms with E-state index < -0.39 is 18.0 Å². The second-order valence-electron chi connectivity index (χ2n) is 10.4. The van der Waals surface area contributed by atoms with Gasteiger partial charge in [0.05, 0.1) is 24.2 Å². The van der Waals surface area contributed by atoms with Crippen molar-refractivity contribution >= 4 is 28.9 Å². The van der Waals surface area contributed by atoms with Gasteiger partial charge in [-0.1, -0.05) is 54.6 Å². The number of para-hydroxylation sites is 2. The van der Waals surface area contributed by atoms with Gasteiger partial charge in [-0.25, -0.2) is 9.37 Å². The lowest BCUT2D eigenvalue weighted by Gasteiger charge is -2.27. The molecule has 0 radical (unpaired) electrons. The fourth-order valence-electron chi connectivity index (χ4n) is 5.42. The van der Waals surface area contributed by atoms with Crippen LogP contribution in [0.25, 0.3) is 22.4 Å². The summed E-state index contributed by atoms with van der Waals surface area (Å²) in [5.74, 6) is -0.490. The normalized spacial score (nSPS) is 16.3. The Morgan fingerprint density at radius 2 is 1.81 bits per heavy atom. The third kappa shape index (κ3) is 5.74. The Balaban J connectivity index is 1.21. The van der Waals surface area contributed by atoms with Crippen LogP contribution in [-0.2, 0) is 9.59 Å². The van der Waals surface area contributed by atoms with Gasteiger partial charge in [0.25, 0.3) is 6.01 Å². The number of fused-ring (bicyclic) bond motifs is 1. The molecule has 6 rings (SSSR count). The number of anilines is 1. The van der Waals surface area contributed by atoms with Crippen LogP contribution in [0.3, 0.4) is 0 Å². The van der Waals surface area contributed by atoms with E-state index in [1.165, 1.54) is 6.07 Å². The molecule has 3 atom stereocenters. The van der Waals surface area contributed by atoms with Crippen LogP contribution < -0.4 is 10.6 Å². The molecule has 10 heteroatoms. The number of hydrogen-bond acceptors (Lipinski definition) is 6. The Labute approximate surface area is 242 Å². The standard InChI is InChI=1S/C32H31FN6O3/c1-20(30-34-19-26(36-30)22-12-5-6-13-23(22)33)35-31(41)25(38-32-37-24-14-7-8-16-28(24)42-32)18-29(40)39-17-9-15-27(39)21-10-3-2-4-11-21/h2-8,10-14,16,19-20,25,27H,9,15,17-18H2,1H3,(H,34,36)(H,35,41)(H,37,38)/t20-,25-,27+/m0/s1. The number of benzene rings is 3. The molecule has 214 valence electrons. The van der Waals surface area contributed by atoms with E-state index in [0.717, 1.165) is 18.4 Å². The Morgan fingerprint density at radius 3 is 2.62 bits per heavy atom. The number of nitrogens with zero attached hydrogens (tertiary/aromatic N) is 3. The lowest BCUT2D eigenvalue weighted by atomic mass is 10.0. The zero-order chi connectivity index (χ0) is 29.1. The molecular formula is C32H31FN6O3. The van der Waals surface area contributed by atoms with Crippen LogP contribution in [0, 0.1) is 5.82 Å². The summed E-state index contributed by atoms with van der Waals surface area (Å²) in [6.45, 7) is 2.39. The van der Waals surface area contributed by atoms with Crippen molar-refractivity contribution < 1.29 is 18.4 Å². The van der Waals surface area contributed by atoms with Crippen molar-refractivity contribution in [2.75, 3.05) is 11.9 Å². The average molecular weight is 567 g/mol. The number of likely N-dealkylation sites (tertiary alicyclic amines) is 1. The van der Waals surface area contributed by atoms with Gasteiger partial charge in [-0.2, -0.15) is 4.98 Å². The zero-order valence-electron chi connectivity index (χ0n) is 23.1. The summed E-state index contributed by atoms with van der Waals surface area (Å²) < 4.78 is 20.1. The lowest BCUT2D eigenvalue weighted by molar-refractivity contribution is -0.135. The van der Waals surface area contributed by atoms with Crippen molar-refractivity contribution in [3.05, 3.63) is 102 Å². The predicted molar refractivity (Wildman–Crippen MR) is 157 cm³/mol. The van der Waals surface area contributed by atoms with Crippen molar-refractivity contribution in [3.63, 3.8) is 0 Å². The number of hydrogen-bond donors (Lipinski definition) is 3. The highest BCUT2D eigenvalue weighted by Crippen LogP contribution is 2.33. The first-order valence-corrected chi connectivity index (χ1v) is 14.0. The van der Waals surface area contributed by atoms with E-state index in [4.69, 9.17) is 4.42 Å². The summed E-state index contributed by atoms with van der Waals surface area (Å²) in [6.07, 6.45) is 3.26. The van der Waals surface area contributed by atoms with Gasteiger partial charge in [-0.15, -0.1) is 0 Å². The first-order chi connectivity index (χ1) is 20.5. The van der Waals surface area contributed by atoms with E-state index in [9.17, 15) is 14.0 Å². The molecule has 42 heavy (non-hydrogen) atoms. The molecule has 1 aliphatic heterocycles. The Kier molecular flexibility index (Phi) is 7.68. The average Bonchev–Trinajstić information content (AvgIpc) is 3.77. The SMILES string of the molecule is C[C@H](NC(=O)[C@H](CC(=O)N1CCC[C@@H]1c1ccccc1)Nc1nc2ccccc2o1)c1nc(-c2ccccc2F)c[nH]1.